The molecule has 0 radical (unpaired) electrons. The van der Waals surface area contributed by atoms with Gasteiger partial charge in [-0.1, -0.05) is 41.6 Å². The lowest BCUT2D eigenvalue weighted by molar-refractivity contribution is 0.429. The molecule has 122 valence electrons. The fourth-order valence-corrected chi connectivity index (χ4v) is 2.34. The molecule has 0 spiro atoms. The lowest BCUT2D eigenvalue weighted by Gasteiger charge is -2.05. The second-order valence-corrected chi connectivity index (χ2v) is 5.24. The summed E-state index contributed by atoms with van der Waals surface area (Å²) >= 11 is 0. The summed E-state index contributed by atoms with van der Waals surface area (Å²) in [5, 5.41) is 8.09. The predicted molar refractivity (Wildman–Crippen MR) is 88.5 cm³/mol. The molecule has 0 saturated heterocycles. The fourth-order valence-electron chi connectivity index (χ4n) is 2.34. The number of hydrogen-bond acceptors (Lipinski definition) is 5. The van der Waals surface area contributed by atoms with E-state index in [1.165, 1.54) is 29.1 Å². The van der Waals surface area contributed by atoms with Gasteiger partial charge in [0.1, 0.15) is 5.82 Å². The Labute approximate surface area is 141 Å². The van der Waals surface area contributed by atoms with Gasteiger partial charge in [-0.3, -0.25) is 4.79 Å². The van der Waals surface area contributed by atoms with Crippen molar-refractivity contribution < 1.29 is 8.91 Å². The number of rotatable bonds is 3. The highest BCUT2D eigenvalue weighted by atomic mass is 19.1. The Morgan fingerprint density at radius 3 is 2.64 bits per heavy atom. The monoisotopic (exact) mass is 334 g/mol. The summed E-state index contributed by atoms with van der Waals surface area (Å²) in [7, 11) is 0. The maximum absolute atomic E-state index is 13.4. The summed E-state index contributed by atoms with van der Waals surface area (Å²) in [6.07, 6.45) is 1.45. The maximum Gasteiger partial charge on any atom is 0.282 e. The van der Waals surface area contributed by atoms with Gasteiger partial charge in [0.2, 0.25) is 11.3 Å². The summed E-state index contributed by atoms with van der Waals surface area (Å²) in [5.41, 5.74) is 0.875. The highest BCUT2D eigenvalue weighted by Gasteiger charge is 2.16. The molecular formula is C18H11FN4O2. The third-order valence-electron chi connectivity index (χ3n) is 3.54. The van der Waals surface area contributed by atoms with Crippen LogP contribution >= 0.6 is 0 Å². The van der Waals surface area contributed by atoms with Gasteiger partial charge < -0.3 is 4.52 Å². The Morgan fingerprint density at radius 1 is 1.00 bits per heavy atom. The van der Waals surface area contributed by atoms with E-state index in [1.807, 2.05) is 30.3 Å². The van der Waals surface area contributed by atoms with E-state index in [9.17, 15) is 9.18 Å². The maximum atomic E-state index is 13.4. The first-order chi connectivity index (χ1) is 12.2. The fraction of sp³-hybridized carbons (Fsp3) is 0. The number of benzene rings is 2. The average molecular weight is 334 g/mol. The molecule has 0 fully saturated rings. The van der Waals surface area contributed by atoms with Crippen molar-refractivity contribution in [1.82, 2.24) is 19.9 Å². The van der Waals surface area contributed by atoms with E-state index < -0.39 is 5.82 Å². The molecule has 0 bridgehead atoms. The number of hydrogen-bond donors (Lipinski definition) is 0. The SMILES string of the molecule is O=c1ccn(-c2cccc(F)c2)nc1-c1nc(-c2ccccc2)no1. The van der Waals surface area contributed by atoms with Gasteiger partial charge in [0.15, 0.2) is 5.69 Å². The van der Waals surface area contributed by atoms with E-state index in [-0.39, 0.29) is 17.0 Å². The molecule has 7 heteroatoms. The highest BCUT2D eigenvalue weighted by molar-refractivity contribution is 5.57. The van der Waals surface area contributed by atoms with Crippen molar-refractivity contribution in [1.29, 1.82) is 0 Å². The smallest absolute Gasteiger partial charge is 0.282 e. The number of nitrogens with zero attached hydrogens (tertiary/aromatic N) is 4. The molecule has 0 unspecified atom stereocenters. The topological polar surface area (TPSA) is 73.8 Å². The van der Waals surface area contributed by atoms with Gasteiger partial charge in [-0.05, 0) is 18.2 Å². The Balaban J connectivity index is 1.77. The minimum Gasteiger partial charge on any atom is -0.332 e. The van der Waals surface area contributed by atoms with E-state index in [0.717, 1.165) is 5.56 Å². The van der Waals surface area contributed by atoms with Crippen molar-refractivity contribution in [3.8, 4) is 28.7 Å². The van der Waals surface area contributed by atoms with Crippen LogP contribution in [-0.4, -0.2) is 19.9 Å². The van der Waals surface area contributed by atoms with Crippen LogP contribution in [0.25, 0.3) is 28.7 Å². The quantitative estimate of drug-likeness (QED) is 0.575. The molecule has 2 aromatic carbocycles. The molecule has 0 atom stereocenters. The molecule has 25 heavy (non-hydrogen) atoms. The molecule has 2 heterocycles. The Bertz CT molecular complexity index is 1090. The van der Waals surface area contributed by atoms with Crippen LogP contribution in [0, 0.1) is 5.82 Å². The Kier molecular flexibility index (Phi) is 3.66. The van der Waals surface area contributed by atoms with Crippen molar-refractivity contribution in [2.75, 3.05) is 0 Å². The molecule has 4 rings (SSSR count). The molecule has 0 amide bonds. The Hall–Kier alpha value is -3.61. The summed E-state index contributed by atoms with van der Waals surface area (Å²) in [6.45, 7) is 0. The summed E-state index contributed by atoms with van der Waals surface area (Å²) in [5.74, 6) is -0.0312. The van der Waals surface area contributed by atoms with Crippen LogP contribution in [-0.2, 0) is 0 Å². The molecule has 0 saturated carbocycles. The van der Waals surface area contributed by atoms with Crippen molar-refractivity contribution in [3.05, 3.63) is 82.9 Å². The first-order valence-electron chi connectivity index (χ1n) is 7.46. The molecule has 2 aromatic heterocycles. The van der Waals surface area contributed by atoms with E-state index in [2.05, 4.69) is 15.2 Å². The van der Waals surface area contributed by atoms with Crippen LogP contribution in [0.1, 0.15) is 0 Å². The summed E-state index contributed by atoms with van der Waals surface area (Å²) < 4.78 is 20.0. The minimum atomic E-state index is -0.399. The van der Waals surface area contributed by atoms with Gasteiger partial charge in [-0.15, -0.1) is 0 Å². The van der Waals surface area contributed by atoms with Gasteiger partial charge in [-0.2, -0.15) is 10.1 Å². The van der Waals surface area contributed by atoms with Crippen molar-refractivity contribution in [2.24, 2.45) is 0 Å². The first kappa shape index (κ1) is 14.9. The first-order valence-corrected chi connectivity index (χ1v) is 7.46. The second-order valence-electron chi connectivity index (χ2n) is 5.24. The average Bonchev–Trinajstić information content (AvgIpc) is 3.13. The van der Waals surface area contributed by atoms with Gasteiger partial charge in [0.25, 0.3) is 5.89 Å². The van der Waals surface area contributed by atoms with Crippen LogP contribution in [0.2, 0.25) is 0 Å². The Morgan fingerprint density at radius 2 is 1.84 bits per heavy atom. The molecule has 0 N–H and O–H groups in total. The molecule has 0 aliphatic heterocycles. The zero-order valence-electron chi connectivity index (χ0n) is 12.8. The third-order valence-corrected chi connectivity index (χ3v) is 3.54. The van der Waals surface area contributed by atoms with Crippen molar-refractivity contribution in [3.63, 3.8) is 0 Å². The minimum absolute atomic E-state index is 0.00134. The van der Waals surface area contributed by atoms with Crippen LogP contribution in [0.5, 0.6) is 0 Å². The molecule has 0 aliphatic carbocycles. The van der Waals surface area contributed by atoms with E-state index in [1.54, 1.807) is 12.1 Å². The largest absolute Gasteiger partial charge is 0.332 e. The van der Waals surface area contributed by atoms with Crippen LogP contribution in [0.15, 0.2) is 76.2 Å². The van der Waals surface area contributed by atoms with Crippen LogP contribution in [0.3, 0.4) is 0 Å². The van der Waals surface area contributed by atoms with E-state index >= 15 is 0 Å². The molecule has 4 aromatic rings. The highest BCUT2D eigenvalue weighted by Crippen LogP contribution is 2.19. The zero-order valence-corrected chi connectivity index (χ0v) is 12.8. The molecular weight excluding hydrogens is 323 g/mol. The zero-order chi connectivity index (χ0) is 17.2. The van der Waals surface area contributed by atoms with E-state index in [0.29, 0.717) is 11.5 Å². The summed E-state index contributed by atoms with van der Waals surface area (Å²) in [4.78, 5) is 16.4. The molecule has 6 nitrogen and oxygen atoms in total. The number of aromatic nitrogens is 4. The molecule has 0 aliphatic rings. The van der Waals surface area contributed by atoms with Gasteiger partial charge in [0, 0.05) is 17.8 Å². The van der Waals surface area contributed by atoms with Gasteiger partial charge >= 0.3 is 0 Å². The van der Waals surface area contributed by atoms with E-state index in [4.69, 9.17) is 4.52 Å². The standard InChI is InChI=1S/C18H11FN4O2/c19-13-7-4-8-14(11-13)23-10-9-15(24)16(21-23)18-20-17(22-25-18)12-5-2-1-3-6-12/h1-11H. The van der Waals surface area contributed by atoms with Crippen molar-refractivity contribution >= 4 is 0 Å². The second kappa shape index (κ2) is 6.12. The van der Waals surface area contributed by atoms with Crippen molar-refractivity contribution in [2.45, 2.75) is 0 Å². The normalized spacial score (nSPS) is 10.8. The third kappa shape index (κ3) is 2.94. The van der Waals surface area contributed by atoms with Gasteiger partial charge in [0.05, 0.1) is 5.69 Å². The summed E-state index contributed by atoms with van der Waals surface area (Å²) in [6, 6.07) is 16.4. The van der Waals surface area contributed by atoms with Crippen LogP contribution < -0.4 is 5.43 Å². The van der Waals surface area contributed by atoms with Gasteiger partial charge in [-0.25, -0.2) is 9.07 Å². The predicted octanol–water partition coefficient (Wildman–Crippen LogP) is 3.09. The van der Waals surface area contributed by atoms with Crippen LogP contribution in [0.4, 0.5) is 4.39 Å². The lowest BCUT2D eigenvalue weighted by Crippen LogP contribution is -2.12. The number of halogens is 1. The lowest BCUT2D eigenvalue weighted by atomic mass is 10.2.